The van der Waals surface area contributed by atoms with Crippen LogP contribution in [0.4, 0.5) is 0 Å². The molecule has 0 saturated carbocycles. The summed E-state index contributed by atoms with van der Waals surface area (Å²) in [5.74, 6) is 0. The second kappa shape index (κ2) is 3.12. The van der Waals surface area contributed by atoms with Crippen LogP contribution in [0.1, 0.15) is 41.5 Å². The van der Waals surface area contributed by atoms with Crippen molar-refractivity contribution in [2.45, 2.75) is 52.7 Å². The fourth-order valence-corrected chi connectivity index (χ4v) is 1.50. The first-order valence-corrected chi connectivity index (χ1v) is 5.15. The van der Waals surface area contributed by atoms with Crippen molar-refractivity contribution < 1.29 is 9.53 Å². The second-order valence-corrected chi connectivity index (χ2v) is 5.44. The summed E-state index contributed by atoms with van der Waals surface area (Å²) in [4.78, 5) is 0. The molecule has 0 aliphatic rings. The third-order valence-electron chi connectivity index (χ3n) is 3.14. The van der Waals surface area contributed by atoms with E-state index in [1.807, 2.05) is 41.5 Å². The summed E-state index contributed by atoms with van der Waals surface area (Å²) >= 11 is 0. The Hall–Kier alpha value is 0.137. The zero-order chi connectivity index (χ0) is 10.2. The maximum atomic E-state index is 10.3. The van der Waals surface area contributed by atoms with E-state index in [2.05, 4.69) is 0 Å². The minimum Gasteiger partial charge on any atom is -0.420 e. The molecule has 0 unspecified atom stereocenters. The predicted molar refractivity (Wildman–Crippen MR) is 55.2 cm³/mol. The molecule has 0 saturated heterocycles. The van der Waals surface area contributed by atoms with Crippen molar-refractivity contribution in [1.29, 1.82) is 0 Å². The summed E-state index contributed by atoms with van der Waals surface area (Å²) < 4.78 is 5.42. The Bertz CT molecular complexity index is 156. The van der Waals surface area contributed by atoms with Crippen LogP contribution in [0.25, 0.3) is 0 Å². The minimum absolute atomic E-state index is 0.166. The van der Waals surface area contributed by atoms with Gasteiger partial charge < -0.3 is 9.53 Å². The van der Waals surface area contributed by atoms with Crippen LogP contribution in [0.5, 0.6) is 0 Å². The highest BCUT2D eigenvalue weighted by molar-refractivity contribution is 5.98. The molecule has 0 radical (unpaired) electrons. The standard InChI is InChI=1S/C9H22O2Si/c1-7(2,3)9(6,10)8(4,5)11-12/h10H,1-6,12H3/t9-/m1/s1. The quantitative estimate of drug-likeness (QED) is 0.655. The molecule has 0 rings (SSSR count). The van der Waals surface area contributed by atoms with Crippen LogP contribution in [0, 0.1) is 5.41 Å². The van der Waals surface area contributed by atoms with Gasteiger partial charge in [-0.15, -0.1) is 0 Å². The Morgan fingerprint density at radius 2 is 1.33 bits per heavy atom. The molecule has 0 spiro atoms. The summed E-state index contributed by atoms with van der Waals surface area (Å²) in [7, 11) is 0.652. The van der Waals surface area contributed by atoms with Gasteiger partial charge in [0.15, 0.2) is 0 Å². The molecule has 0 aromatic heterocycles. The van der Waals surface area contributed by atoms with Crippen molar-refractivity contribution in [3.05, 3.63) is 0 Å². The fourth-order valence-electron chi connectivity index (χ4n) is 1.10. The fraction of sp³-hybridized carbons (Fsp3) is 1.00. The lowest BCUT2D eigenvalue weighted by atomic mass is 9.69. The minimum atomic E-state index is -0.804. The molecule has 12 heavy (non-hydrogen) atoms. The van der Waals surface area contributed by atoms with Crippen LogP contribution in [-0.4, -0.2) is 26.8 Å². The molecule has 0 aromatic carbocycles. The van der Waals surface area contributed by atoms with Crippen LogP contribution < -0.4 is 0 Å². The van der Waals surface area contributed by atoms with Gasteiger partial charge in [-0.1, -0.05) is 20.8 Å². The summed E-state index contributed by atoms with van der Waals surface area (Å²) in [5, 5.41) is 10.3. The number of hydrogen-bond donors (Lipinski definition) is 1. The van der Waals surface area contributed by atoms with E-state index in [0.717, 1.165) is 0 Å². The van der Waals surface area contributed by atoms with Gasteiger partial charge in [0, 0.05) is 0 Å². The Morgan fingerprint density at radius 3 is 1.42 bits per heavy atom. The zero-order valence-electron chi connectivity index (χ0n) is 9.36. The number of rotatable bonds is 2. The zero-order valence-corrected chi connectivity index (χ0v) is 11.4. The molecule has 1 N–H and O–H groups in total. The lowest BCUT2D eigenvalue weighted by Gasteiger charge is -2.48. The van der Waals surface area contributed by atoms with Gasteiger partial charge in [0.25, 0.3) is 0 Å². The van der Waals surface area contributed by atoms with Crippen LogP contribution in [0.2, 0.25) is 0 Å². The summed E-state index contributed by atoms with van der Waals surface area (Å²) in [6.07, 6.45) is 0. The molecule has 1 atom stereocenters. The lowest BCUT2D eigenvalue weighted by molar-refractivity contribution is -0.161. The Balaban J connectivity index is 4.85. The Kier molecular flexibility index (Phi) is 3.16. The third-order valence-corrected chi connectivity index (χ3v) is 4.16. The first-order chi connectivity index (χ1) is 5.06. The van der Waals surface area contributed by atoms with E-state index in [9.17, 15) is 5.11 Å². The monoisotopic (exact) mass is 190 g/mol. The van der Waals surface area contributed by atoms with Gasteiger partial charge in [-0.3, -0.25) is 0 Å². The third kappa shape index (κ3) is 1.89. The molecular formula is C9H22O2Si. The molecule has 0 aliphatic carbocycles. The second-order valence-electron chi connectivity index (χ2n) is 5.04. The van der Waals surface area contributed by atoms with E-state index in [-0.39, 0.29) is 5.41 Å². The molecule has 0 aliphatic heterocycles. The highest BCUT2D eigenvalue weighted by Gasteiger charge is 2.47. The van der Waals surface area contributed by atoms with E-state index in [4.69, 9.17) is 4.43 Å². The van der Waals surface area contributed by atoms with Gasteiger partial charge in [0.2, 0.25) is 0 Å². The van der Waals surface area contributed by atoms with Crippen molar-refractivity contribution >= 4 is 10.5 Å². The first kappa shape index (κ1) is 12.1. The highest BCUT2D eigenvalue weighted by atomic mass is 28.2. The lowest BCUT2D eigenvalue weighted by Crippen LogP contribution is -2.57. The van der Waals surface area contributed by atoms with Crippen LogP contribution >= 0.6 is 0 Å². The van der Waals surface area contributed by atoms with Crippen molar-refractivity contribution in [3.63, 3.8) is 0 Å². The molecule has 0 fully saturated rings. The molecule has 3 heteroatoms. The van der Waals surface area contributed by atoms with Gasteiger partial charge in [0.1, 0.15) is 10.5 Å². The van der Waals surface area contributed by atoms with Crippen LogP contribution in [0.3, 0.4) is 0 Å². The normalized spacial score (nSPS) is 19.2. The predicted octanol–water partition coefficient (Wildman–Crippen LogP) is 0.859. The van der Waals surface area contributed by atoms with Gasteiger partial charge in [-0.2, -0.15) is 0 Å². The highest BCUT2D eigenvalue weighted by Crippen LogP contribution is 2.39. The topological polar surface area (TPSA) is 29.5 Å². The van der Waals surface area contributed by atoms with Gasteiger partial charge >= 0.3 is 0 Å². The summed E-state index contributed by atoms with van der Waals surface area (Å²) in [5.41, 5.74) is -1.43. The molecular weight excluding hydrogens is 168 g/mol. The van der Waals surface area contributed by atoms with E-state index >= 15 is 0 Å². The summed E-state index contributed by atoms with van der Waals surface area (Å²) in [6.45, 7) is 11.8. The Labute approximate surface area is 78.9 Å². The maximum Gasteiger partial charge on any atom is 0.146 e. The first-order valence-electron chi connectivity index (χ1n) is 4.34. The molecule has 0 bridgehead atoms. The van der Waals surface area contributed by atoms with E-state index < -0.39 is 11.2 Å². The van der Waals surface area contributed by atoms with Crippen LogP contribution in [-0.2, 0) is 4.43 Å². The van der Waals surface area contributed by atoms with Crippen LogP contribution in [0.15, 0.2) is 0 Å². The molecule has 74 valence electrons. The molecule has 2 nitrogen and oxygen atoms in total. The van der Waals surface area contributed by atoms with Gasteiger partial charge in [0.05, 0.1) is 11.2 Å². The molecule has 0 heterocycles. The summed E-state index contributed by atoms with van der Waals surface area (Å²) in [6, 6.07) is 0. The number of hydrogen-bond acceptors (Lipinski definition) is 2. The molecule has 0 amide bonds. The van der Waals surface area contributed by atoms with Crippen molar-refractivity contribution in [1.82, 2.24) is 0 Å². The van der Waals surface area contributed by atoms with Gasteiger partial charge in [-0.25, -0.2) is 0 Å². The number of aliphatic hydroxyl groups is 1. The maximum absolute atomic E-state index is 10.3. The van der Waals surface area contributed by atoms with Crippen molar-refractivity contribution in [3.8, 4) is 0 Å². The van der Waals surface area contributed by atoms with E-state index in [1.165, 1.54) is 0 Å². The van der Waals surface area contributed by atoms with Crippen molar-refractivity contribution in [2.75, 3.05) is 0 Å². The average molecular weight is 190 g/mol. The SMILES string of the molecule is CC(C)(C)[C@@](C)(O)C(C)(C)O[SiH3]. The van der Waals surface area contributed by atoms with E-state index in [1.54, 1.807) is 0 Å². The smallest absolute Gasteiger partial charge is 0.146 e. The Morgan fingerprint density at radius 1 is 1.00 bits per heavy atom. The largest absolute Gasteiger partial charge is 0.420 e. The van der Waals surface area contributed by atoms with E-state index in [0.29, 0.717) is 10.5 Å². The average Bonchev–Trinajstić information content (AvgIpc) is 1.85. The molecule has 0 aromatic rings. The van der Waals surface area contributed by atoms with Crippen molar-refractivity contribution in [2.24, 2.45) is 5.41 Å². The van der Waals surface area contributed by atoms with Gasteiger partial charge in [-0.05, 0) is 26.2 Å².